The van der Waals surface area contributed by atoms with Gasteiger partial charge in [0, 0.05) is 24.2 Å². The number of halogens is 1. The van der Waals surface area contributed by atoms with Crippen LogP contribution in [-0.4, -0.2) is 28.7 Å². The minimum Gasteiger partial charge on any atom is -0.463 e. The van der Waals surface area contributed by atoms with Crippen LogP contribution in [0.5, 0.6) is 0 Å². The molecule has 0 atom stereocenters. The normalized spacial score (nSPS) is 11.0. The van der Waals surface area contributed by atoms with Crippen molar-refractivity contribution in [3.63, 3.8) is 0 Å². The van der Waals surface area contributed by atoms with Gasteiger partial charge < -0.3 is 19.4 Å². The summed E-state index contributed by atoms with van der Waals surface area (Å²) in [5.41, 5.74) is 2.13. The van der Waals surface area contributed by atoms with Crippen LogP contribution in [0.25, 0.3) is 11.1 Å². The molecule has 0 aliphatic heterocycles. The van der Waals surface area contributed by atoms with Gasteiger partial charge in [-0.25, -0.2) is 4.39 Å². The molecule has 0 spiro atoms. The second kappa shape index (κ2) is 6.03. The molecule has 22 heavy (non-hydrogen) atoms. The summed E-state index contributed by atoms with van der Waals surface area (Å²) in [7, 11) is 0. The molecule has 5 nitrogen and oxygen atoms in total. The summed E-state index contributed by atoms with van der Waals surface area (Å²) in [6.07, 6.45) is 1.53. The number of furan rings is 1. The second-order valence-corrected chi connectivity index (χ2v) is 4.86. The Bertz CT molecular complexity index is 807. The highest BCUT2D eigenvalue weighted by Gasteiger charge is 2.18. The number of benzene rings is 1. The standard InChI is InChI=1S/C16H15FN2O3/c17-12-4-2-1-3-11(12)10-19-13-5-8-22-15(13)9-14(19)16(21)18-6-7-20/h1-5,8-9,20H,6-7,10H2,(H,18,21). The molecule has 2 N–H and O–H groups in total. The number of aromatic nitrogens is 1. The zero-order chi connectivity index (χ0) is 15.5. The molecule has 3 rings (SSSR count). The fourth-order valence-electron chi connectivity index (χ4n) is 2.39. The van der Waals surface area contributed by atoms with E-state index in [-0.39, 0.29) is 31.4 Å². The first kappa shape index (κ1) is 14.3. The van der Waals surface area contributed by atoms with Gasteiger partial charge in [0.1, 0.15) is 11.5 Å². The van der Waals surface area contributed by atoms with Crippen LogP contribution in [-0.2, 0) is 6.54 Å². The Morgan fingerprint density at radius 2 is 2.14 bits per heavy atom. The summed E-state index contributed by atoms with van der Waals surface area (Å²) in [5, 5.41) is 11.4. The first-order chi connectivity index (χ1) is 10.7. The van der Waals surface area contributed by atoms with Gasteiger partial charge in [-0.1, -0.05) is 18.2 Å². The van der Waals surface area contributed by atoms with Crippen LogP contribution in [0, 0.1) is 5.82 Å². The first-order valence-electron chi connectivity index (χ1n) is 6.90. The number of aliphatic hydroxyl groups is 1. The van der Waals surface area contributed by atoms with Gasteiger partial charge in [-0.3, -0.25) is 4.79 Å². The van der Waals surface area contributed by atoms with Crippen LogP contribution in [0.15, 0.2) is 47.1 Å². The highest BCUT2D eigenvalue weighted by Crippen LogP contribution is 2.23. The third-order valence-electron chi connectivity index (χ3n) is 3.44. The molecular formula is C16H15FN2O3. The lowest BCUT2D eigenvalue weighted by atomic mass is 10.2. The molecule has 6 heteroatoms. The van der Waals surface area contributed by atoms with Gasteiger partial charge in [0.2, 0.25) is 0 Å². The lowest BCUT2D eigenvalue weighted by Gasteiger charge is -2.11. The van der Waals surface area contributed by atoms with E-state index in [1.807, 2.05) is 0 Å². The number of carbonyl (C=O) groups excluding carboxylic acids is 1. The van der Waals surface area contributed by atoms with Gasteiger partial charge in [0.15, 0.2) is 5.58 Å². The smallest absolute Gasteiger partial charge is 0.268 e. The molecule has 0 saturated carbocycles. The van der Waals surface area contributed by atoms with E-state index >= 15 is 0 Å². The molecule has 0 radical (unpaired) electrons. The first-order valence-corrected chi connectivity index (χ1v) is 6.90. The van der Waals surface area contributed by atoms with Gasteiger partial charge in [-0.05, 0) is 6.07 Å². The molecule has 1 amide bonds. The molecule has 2 heterocycles. The number of fused-ring (bicyclic) bond motifs is 1. The van der Waals surface area contributed by atoms with Crippen molar-refractivity contribution >= 4 is 17.0 Å². The molecule has 0 aliphatic rings. The van der Waals surface area contributed by atoms with Crippen molar-refractivity contribution in [3.05, 3.63) is 59.7 Å². The highest BCUT2D eigenvalue weighted by molar-refractivity contribution is 5.97. The number of rotatable bonds is 5. The van der Waals surface area contributed by atoms with E-state index in [2.05, 4.69) is 5.32 Å². The van der Waals surface area contributed by atoms with Crippen LogP contribution >= 0.6 is 0 Å². The summed E-state index contributed by atoms with van der Waals surface area (Å²) in [6, 6.07) is 9.78. The predicted octanol–water partition coefficient (Wildman–Crippen LogP) is 2.14. The van der Waals surface area contributed by atoms with E-state index in [1.54, 1.807) is 34.9 Å². The number of aliphatic hydroxyl groups excluding tert-OH is 1. The molecule has 1 aromatic carbocycles. The van der Waals surface area contributed by atoms with Crippen LogP contribution < -0.4 is 5.32 Å². The van der Waals surface area contributed by atoms with Crippen molar-refractivity contribution < 1.29 is 18.7 Å². The fraction of sp³-hybridized carbons (Fsp3) is 0.188. The maximum atomic E-state index is 13.9. The maximum Gasteiger partial charge on any atom is 0.268 e. The number of carbonyl (C=O) groups is 1. The van der Waals surface area contributed by atoms with E-state index in [4.69, 9.17) is 9.52 Å². The maximum absolute atomic E-state index is 13.9. The van der Waals surface area contributed by atoms with Crippen molar-refractivity contribution in [3.8, 4) is 0 Å². The minimum atomic E-state index is -0.336. The minimum absolute atomic E-state index is 0.143. The number of hydrogen-bond donors (Lipinski definition) is 2. The average molecular weight is 302 g/mol. The molecule has 2 aromatic heterocycles. The van der Waals surface area contributed by atoms with Crippen LogP contribution in [0.1, 0.15) is 16.1 Å². The molecule has 0 bridgehead atoms. The lowest BCUT2D eigenvalue weighted by molar-refractivity contribution is 0.0936. The summed E-state index contributed by atoms with van der Waals surface area (Å²) in [4.78, 5) is 12.2. The van der Waals surface area contributed by atoms with Crippen molar-refractivity contribution in [1.82, 2.24) is 9.88 Å². The number of nitrogens with zero attached hydrogens (tertiary/aromatic N) is 1. The van der Waals surface area contributed by atoms with E-state index in [0.29, 0.717) is 16.8 Å². The third kappa shape index (κ3) is 2.60. The fourth-order valence-corrected chi connectivity index (χ4v) is 2.39. The van der Waals surface area contributed by atoms with Gasteiger partial charge in [-0.2, -0.15) is 0 Å². The molecule has 0 unspecified atom stereocenters. The predicted molar refractivity (Wildman–Crippen MR) is 79.1 cm³/mol. The van der Waals surface area contributed by atoms with Gasteiger partial charge in [0.05, 0.1) is 24.9 Å². The Morgan fingerprint density at radius 3 is 2.91 bits per heavy atom. The Labute approximate surface area is 126 Å². The second-order valence-electron chi connectivity index (χ2n) is 4.86. The van der Waals surface area contributed by atoms with Crippen molar-refractivity contribution in [2.45, 2.75) is 6.54 Å². The number of hydrogen-bond acceptors (Lipinski definition) is 3. The summed E-state index contributed by atoms with van der Waals surface area (Å²) < 4.78 is 20.9. The molecular weight excluding hydrogens is 287 g/mol. The van der Waals surface area contributed by atoms with Crippen LogP contribution in [0.2, 0.25) is 0 Å². The molecule has 3 aromatic rings. The monoisotopic (exact) mass is 302 g/mol. The van der Waals surface area contributed by atoms with Gasteiger partial charge >= 0.3 is 0 Å². The zero-order valence-corrected chi connectivity index (χ0v) is 11.8. The summed E-state index contributed by atoms with van der Waals surface area (Å²) >= 11 is 0. The van der Waals surface area contributed by atoms with Gasteiger partial charge in [-0.15, -0.1) is 0 Å². The van der Waals surface area contributed by atoms with E-state index in [1.165, 1.54) is 12.3 Å². The quantitative estimate of drug-likeness (QED) is 0.759. The average Bonchev–Trinajstić information content (AvgIpc) is 3.09. The van der Waals surface area contributed by atoms with E-state index in [0.717, 1.165) is 5.52 Å². The zero-order valence-electron chi connectivity index (χ0n) is 11.8. The Kier molecular flexibility index (Phi) is 3.93. The highest BCUT2D eigenvalue weighted by atomic mass is 19.1. The summed E-state index contributed by atoms with van der Waals surface area (Å²) in [6.45, 7) is 0.235. The summed E-state index contributed by atoms with van der Waals surface area (Å²) in [5.74, 6) is -0.661. The SMILES string of the molecule is O=C(NCCO)c1cc2occc2n1Cc1ccccc1F. The van der Waals surface area contributed by atoms with Crippen LogP contribution in [0.3, 0.4) is 0 Å². The molecule has 0 aliphatic carbocycles. The van der Waals surface area contributed by atoms with Gasteiger partial charge in [0.25, 0.3) is 5.91 Å². The Morgan fingerprint density at radius 1 is 1.32 bits per heavy atom. The number of amides is 1. The van der Waals surface area contributed by atoms with E-state index < -0.39 is 0 Å². The van der Waals surface area contributed by atoms with Crippen molar-refractivity contribution in [2.24, 2.45) is 0 Å². The lowest BCUT2D eigenvalue weighted by Crippen LogP contribution is -2.28. The largest absolute Gasteiger partial charge is 0.463 e. The van der Waals surface area contributed by atoms with Crippen molar-refractivity contribution in [1.29, 1.82) is 0 Å². The Hall–Kier alpha value is -2.60. The van der Waals surface area contributed by atoms with Crippen molar-refractivity contribution in [2.75, 3.05) is 13.2 Å². The Balaban J connectivity index is 2.01. The number of nitrogens with one attached hydrogen (secondary N) is 1. The molecule has 114 valence electrons. The molecule has 0 fully saturated rings. The topological polar surface area (TPSA) is 67.4 Å². The van der Waals surface area contributed by atoms with E-state index in [9.17, 15) is 9.18 Å². The molecule has 0 saturated heterocycles. The third-order valence-corrected chi connectivity index (χ3v) is 3.44. The van der Waals surface area contributed by atoms with Crippen LogP contribution in [0.4, 0.5) is 4.39 Å².